The molecule has 1 amide bonds. The monoisotopic (exact) mass is 428 g/mol. The standard InChI is InChI=1S/C9H11N2O3S.C2H2F3NO.Y/c1-11(2)7-10-15(13,14)9-6-4-3-5-8(9)12;3-2(4,5)1(6)7;/h3,5-7,12H,1-2H3;(H2,6,7);/q-1;;/p-1/b10-7+;;. The van der Waals surface area contributed by atoms with Crippen molar-refractivity contribution in [1.29, 1.82) is 0 Å². The van der Waals surface area contributed by atoms with Crippen LogP contribution in [-0.4, -0.2) is 50.9 Å². The SMILES string of the molecule is CN(C)/C=N/S(=O)(=O)c1c[c-]ccc1O.[NH-]C(=O)C(F)(F)F.[Y]. The van der Waals surface area contributed by atoms with Crippen molar-refractivity contribution in [2.45, 2.75) is 11.1 Å². The molecule has 0 aliphatic heterocycles. The minimum Gasteiger partial charge on any atom is -0.660 e. The van der Waals surface area contributed by atoms with E-state index in [1.54, 1.807) is 14.1 Å². The minimum atomic E-state index is -4.97. The minimum absolute atomic E-state index is 0. The van der Waals surface area contributed by atoms with Crippen molar-refractivity contribution < 1.29 is 64.2 Å². The van der Waals surface area contributed by atoms with Gasteiger partial charge >= 0.3 is 6.18 Å². The van der Waals surface area contributed by atoms with Crippen LogP contribution in [0.3, 0.4) is 0 Å². The number of hydrogen-bond donors (Lipinski definition) is 1. The molecule has 1 radical (unpaired) electrons. The Kier molecular flexibility index (Phi) is 10.3. The fourth-order valence-corrected chi connectivity index (χ4v) is 1.80. The van der Waals surface area contributed by atoms with E-state index in [0.717, 1.165) is 6.34 Å². The number of hydrogen-bond acceptors (Lipinski definition) is 4. The molecule has 0 saturated heterocycles. The molecule has 1 aromatic rings. The summed E-state index contributed by atoms with van der Waals surface area (Å²) in [6, 6.07) is 6.42. The molecule has 0 atom stereocenters. The molecule has 7 nitrogen and oxygen atoms in total. The molecule has 12 heteroatoms. The van der Waals surface area contributed by atoms with E-state index in [0.29, 0.717) is 0 Å². The third-order valence-corrected chi connectivity index (χ3v) is 3.01. The van der Waals surface area contributed by atoms with Gasteiger partial charge < -0.3 is 20.5 Å². The van der Waals surface area contributed by atoms with Crippen LogP contribution in [0, 0.1) is 6.07 Å². The van der Waals surface area contributed by atoms with Crippen LogP contribution in [0.1, 0.15) is 0 Å². The molecule has 0 bridgehead atoms. The summed E-state index contributed by atoms with van der Waals surface area (Å²) in [7, 11) is -0.542. The van der Waals surface area contributed by atoms with Crippen molar-refractivity contribution in [2.24, 2.45) is 4.40 Å². The first kappa shape index (κ1) is 24.1. The first-order valence-corrected chi connectivity index (χ1v) is 6.80. The predicted molar refractivity (Wildman–Crippen MR) is 71.7 cm³/mol. The summed E-state index contributed by atoms with van der Waals surface area (Å²) in [5.74, 6) is -2.84. The zero-order valence-electron chi connectivity index (χ0n) is 12.0. The smallest absolute Gasteiger partial charge is 0.432 e. The molecule has 2 N–H and O–H groups in total. The molecule has 1 aromatic carbocycles. The van der Waals surface area contributed by atoms with Gasteiger partial charge in [0.15, 0.2) is 5.91 Å². The Morgan fingerprint density at radius 1 is 1.43 bits per heavy atom. The maximum Gasteiger partial charge on any atom is 0.432 e. The number of alkyl halides is 3. The Balaban J connectivity index is 0. The van der Waals surface area contributed by atoms with E-state index in [2.05, 4.69) is 10.5 Å². The first-order chi connectivity index (χ1) is 9.88. The molecule has 0 saturated carbocycles. The van der Waals surface area contributed by atoms with Gasteiger partial charge in [-0.05, 0) is 0 Å². The van der Waals surface area contributed by atoms with Gasteiger partial charge in [0.1, 0.15) is 6.34 Å². The summed E-state index contributed by atoms with van der Waals surface area (Å²) >= 11 is 0. The number of phenolic OH excluding ortho intramolecular Hbond substituents is 1. The summed E-state index contributed by atoms with van der Waals surface area (Å²) in [5, 5.41) is 9.32. The number of halogens is 3. The van der Waals surface area contributed by atoms with Gasteiger partial charge in [0, 0.05) is 57.4 Å². The van der Waals surface area contributed by atoms with Crippen LogP contribution in [0.15, 0.2) is 27.5 Å². The van der Waals surface area contributed by atoms with Gasteiger partial charge in [-0.15, -0.1) is 6.07 Å². The fourth-order valence-electron chi connectivity index (χ4n) is 0.827. The van der Waals surface area contributed by atoms with Crippen molar-refractivity contribution in [3.05, 3.63) is 30.0 Å². The normalized spacial score (nSPS) is 11.2. The van der Waals surface area contributed by atoms with Gasteiger partial charge in [-0.25, -0.2) is 8.42 Å². The maximum absolute atomic E-state index is 11.6. The zero-order chi connectivity index (χ0) is 17.6. The number of sulfonamides is 1. The van der Waals surface area contributed by atoms with Gasteiger partial charge in [-0.2, -0.15) is 35.8 Å². The Hall–Kier alpha value is -1.20. The van der Waals surface area contributed by atoms with Gasteiger partial charge in [-0.1, -0.05) is 0 Å². The van der Waals surface area contributed by atoms with Gasteiger partial charge in [0.25, 0.3) is 0 Å². The zero-order valence-corrected chi connectivity index (χ0v) is 15.7. The van der Waals surface area contributed by atoms with Crippen molar-refractivity contribution in [3.8, 4) is 5.75 Å². The third kappa shape index (κ3) is 9.52. The van der Waals surface area contributed by atoms with Crippen LogP contribution in [-0.2, 0) is 47.5 Å². The van der Waals surface area contributed by atoms with Crippen LogP contribution in [0.5, 0.6) is 5.75 Å². The summed E-state index contributed by atoms with van der Waals surface area (Å²) in [4.78, 5) is 10.2. The Labute approximate surface area is 156 Å². The number of nitrogens with one attached hydrogen (secondary N) is 1. The van der Waals surface area contributed by atoms with Gasteiger partial charge in [0.2, 0.25) is 10.0 Å². The Morgan fingerprint density at radius 2 is 1.91 bits per heavy atom. The van der Waals surface area contributed by atoms with E-state index in [4.69, 9.17) is 10.5 Å². The molecule has 0 heterocycles. The molecule has 0 spiro atoms. The fraction of sp³-hybridized carbons (Fsp3) is 0.273. The second-order valence-electron chi connectivity index (χ2n) is 3.88. The number of aromatic hydroxyl groups is 1. The van der Waals surface area contributed by atoms with E-state index in [1.807, 2.05) is 0 Å². The van der Waals surface area contributed by atoms with Crippen LogP contribution >= 0.6 is 0 Å². The molecule has 127 valence electrons. The largest absolute Gasteiger partial charge is 0.660 e. The van der Waals surface area contributed by atoms with Gasteiger partial charge in [0.05, 0.1) is 0 Å². The number of rotatable bonds is 3. The van der Waals surface area contributed by atoms with Crippen molar-refractivity contribution in [3.63, 3.8) is 0 Å². The summed E-state index contributed by atoms with van der Waals surface area (Å²) in [6.07, 6.45) is -3.82. The topological polar surface area (TPSA) is 111 Å². The molecule has 0 fully saturated rings. The molecule has 0 aromatic heterocycles. The van der Waals surface area contributed by atoms with Crippen LogP contribution in [0.4, 0.5) is 13.2 Å². The predicted octanol–water partition coefficient (Wildman–Crippen LogP) is 1.60. The molecule has 0 aliphatic carbocycles. The molecule has 1 rings (SSSR count). The molecule has 23 heavy (non-hydrogen) atoms. The number of carbonyl (C=O) groups excluding carboxylic acids is 1. The average Bonchev–Trinajstić information content (AvgIpc) is 2.36. The third-order valence-electron chi connectivity index (χ3n) is 1.76. The number of amides is 1. The summed E-state index contributed by atoms with van der Waals surface area (Å²) in [6.45, 7) is 0. The number of benzene rings is 1. The molecule has 0 unspecified atom stereocenters. The molecule has 0 aliphatic rings. The Morgan fingerprint density at radius 3 is 2.26 bits per heavy atom. The van der Waals surface area contributed by atoms with Crippen molar-refractivity contribution >= 4 is 22.3 Å². The van der Waals surface area contributed by atoms with E-state index in [-0.39, 0.29) is 43.4 Å². The maximum atomic E-state index is 11.6. The quantitative estimate of drug-likeness (QED) is 0.447. The number of nitrogens with zero attached hydrogens (tertiary/aromatic N) is 2. The van der Waals surface area contributed by atoms with Crippen LogP contribution in [0.25, 0.3) is 5.73 Å². The van der Waals surface area contributed by atoms with Gasteiger partial charge in [-0.3, -0.25) is 0 Å². The number of phenols is 1. The van der Waals surface area contributed by atoms with Crippen LogP contribution in [0.2, 0.25) is 0 Å². The second kappa shape index (κ2) is 9.83. The number of carbonyl (C=O) groups is 1. The first-order valence-electron chi connectivity index (χ1n) is 5.36. The molecular formula is C11H12F3N3O4SY-2. The van der Waals surface area contributed by atoms with Crippen LogP contribution < -0.4 is 0 Å². The van der Waals surface area contributed by atoms with E-state index < -0.39 is 22.1 Å². The second-order valence-corrected chi connectivity index (χ2v) is 5.48. The van der Waals surface area contributed by atoms with E-state index in [1.165, 1.54) is 23.1 Å². The van der Waals surface area contributed by atoms with E-state index >= 15 is 0 Å². The summed E-state index contributed by atoms with van der Waals surface area (Å²) < 4.78 is 58.4. The van der Waals surface area contributed by atoms with Crippen molar-refractivity contribution in [1.82, 2.24) is 4.90 Å². The Bertz CT molecular complexity index is 648. The van der Waals surface area contributed by atoms with E-state index in [9.17, 15) is 26.7 Å². The average molecular weight is 428 g/mol. The molecular weight excluding hydrogens is 416 g/mol. The van der Waals surface area contributed by atoms with Crippen molar-refractivity contribution in [2.75, 3.05) is 14.1 Å². The summed E-state index contributed by atoms with van der Waals surface area (Å²) in [5.41, 5.74) is 5.47.